The second-order valence-electron chi connectivity index (χ2n) is 8.48. The number of aryl methyl sites for hydroxylation is 1. The summed E-state index contributed by atoms with van der Waals surface area (Å²) in [5.41, 5.74) is 0.654. The molecule has 2 unspecified atom stereocenters. The first kappa shape index (κ1) is 26.6. The smallest absolute Gasteiger partial charge is 0.408 e. The van der Waals surface area contributed by atoms with Gasteiger partial charge in [-0.2, -0.15) is 12.6 Å². The Bertz CT molecular complexity index is 1090. The van der Waals surface area contributed by atoms with Crippen molar-refractivity contribution in [1.29, 1.82) is 0 Å². The third kappa shape index (κ3) is 6.93. The van der Waals surface area contributed by atoms with Crippen molar-refractivity contribution in [3.63, 3.8) is 0 Å². The molecule has 3 amide bonds. The number of nitrogens with zero attached hydrogens (tertiary/aromatic N) is 1. The van der Waals surface area contributed by atoms with Crippen LogP contribution in [0.5, 0.6) is 5.75 Å². The molecule has 0 aliphatic heterocycles. The predicted molar refractivity (Wildman–Crippen MR) is 133 cm³/mol. The minimum Gasteiger partial charge on any atom is -0.508 e. The Hall–Kier alpha value is -3.64. The Morgan fingerprint density at radius 1 is 1.15 bits per heavy atom. The van der Waals surface area contributed by atoms with Gasteiger partial charge in [0.15, 0.2) is 6.04 Å². The number of aromatic hydroxyl groups is 1. The van der Waals surface area contributed by atoms with Crippen LogP contribution in [0.15, 0.2) is 48.5 Å². The number of carbonyl (C=O) groups is 3. The van der Waals surface area contributed by atoms with Gasteiger partial charge in [-0.05, 0) is 45.4 Å². The van der Waals surface area contributed by atoms with Crippen LogP contribution in [-0.2, 0) is 14.3 Å². The molecular weight excluding hydrogens is 454 g/mol. The molecule has 2 atom stereocenters. The van der Waals surface area contributed by atoms with E-state index in [-0.39, 0.29) is 17.1 Å². The average molecular weight is 484 g/mol. The maximum atomic E-state index is 13.4. The number of phenols is 1. The van der Waals surface area contributed by atoms with E-state index in [0.717, 1.165) is 10.5 Å². The number of phenolic OH excluding ortho intramolecular Hbond substituents is 1. The molecular formula is C25H29N3O5S. The van der Waals surface area contributed by atoms with E-state index in [0.29, 0.717) is 5.69 Å². The van der Waals surface area contributed by atoms with E-state index < -0.39 is 35.6 Å². The van der Waals surface area contributed by atoms with E-state index >= 15 is 0 Å². The molecule has 0 radical (unpaired) electrons. The highest BCUT2D eigenvalue weighted by atomic mass is 32.1. The summed E-state index contributed by atoms with van der Waals surface area (Å²) in [4.78, 5) is 39.8. The highest BCUT2D eigenvalue weighted by Crippen LogP contribution is 2.30. The molecule has 2 rings (SSSR count). The van der Waals surface area contributed by atoms with Crippen molar-refractivity contribution in [2.45, 2.75) is 45.4 Å². The van der Waals surface area contributed by atoms with Gasteiger partial charge >= 0.3 is 6.09 Å². The van der Waals surface area contributed by atoms with Crippen molar-refractivity contribution in [3.05, 3.63) is 59.7 Å². The zero-order valence-corrected chi connectivity index (χ0v) is 20.4. The number of benzene rings is 2. The standard InChI is InChI=1S/C25H29N3O5S/c1-6-28(23(31)19(15-34)27-24(32)33-25(3,4)5)21(17-12-8-10-14-20(17)29)22(30)26-18-13-9-7-11-16(18)2/h1,7-14,19,21,29,34H,15H2,2-5H3,(H,26,30)(H,27,32). The van der Waals surface area contributed by atoms with Gasteiger partial charge in [-0.1, -0.05) is 42.8 Å². The third-order valence-electron chi connectivity index (χ3n) is 4.69. The number of amides is 3. The van der Waals surface area contributed by atoms with Crippen LogP contribution in [0.2, 0.25) is 0 Å². The van der Waals surface area contributed by atoms with Crippen LogP contribution in [0.25, 0.3) is 0 Å². The zero-order chi connectivity index (χ0) is 25.5. The molecule has 34 heavy (non-hydrogen) atoms. The van der Waals surface area contributed by atoms with Crippen LogP contribution in [0.4, 0.5) is 10.5 Å². The van der Waals surface area contributed by atoms with Crippen LogP contribution >= 0.6 is 12.6 Å². The number of alkyl carbamates (subject to hydrolysis) is 1. The summed E-state index contributed by atoms with van der Waals surface area (Å²) in [5, 5.41) is 15.7. The van der Waals surface area contributed by atoms with Crippen LogP contribution in [0, 0.1) is 19.4 Å². The number of nitrogens with one attached hydrogen (secondary N) is 2. The summed E-state index contributed by atoms with van der Waals surface area (Å²) in [6, 6.07) is 12.8. The van der Waals surface area contributed by atoms with E-state index in [4.69, 9.17) is 11.2 Å². The molecule has 0 saturated heterocycles. The van der Waals surface area contributed by atoms with Crippen molar-refractivity contribution < 1.29 is 24.2 Å². The number of anilines is 1. The topological polar surface area (TPSA) is 108 Å². The fourth-order valence-corrected chi connectivity index (χ4v) is 3.35. The van der Waals surface area contributed by atoms with Crippen LogP contribution in [-0.4, -0.2) is 45.3 Å². The summed E-state index contributed by atoms with van der Waals surface area (Å²) >= 11 is 4.16. The molecule has 180 valence electrons. The van der Waals surface area contributed by atoms with Gasteiger partial charge in [0.2, 0.25) is 0 Å². The number of thiol groups is 1. The Kier molecular flexibility index (Phi) is 8.98. The number of hydrogen-bond acceptors (Lipinski definition) is 6. The summed E-state index contributed by atoms with van der Waals surface area (Å²) in [7, 11) is 0. The van der Waals surface area contributed by atoms with Crippen molar-refractivity contribution in [3.8, 4) is 18.2 Å². The summed E-state index contributed by atoms with van der Waals surface area (Å²) in [6.45, 7) is 6.86. The number of para-hydroxylation sites is 2. The third-order valence-corrected chi connectivity index (χ3v) is 5.05. The minimum atomic E-state index is -1.39. The molecule has 0 spiro atoms. The lowest BCUT2D eigenvalue weighted by molar-refractivity contribution is -0.136. The van der Waals surface area contributed by atoms with E-state index in [9.17, 15) is 19.5 Å². The first-order valence-corrected chi connectivity index (χ1v) is 11.2. The van der Waals surface area contributed by atoms with Gasteiger partial charge in [-0.25, -0.2) is 4.79 Å². The van der Waals surface area contributed by atoms with Gasteiger partial charge in [0.1, 0.15) is 17.4 Å². The lowest BCUT2D eigenvalue weighted by atomic mass is 10.0. The first-order chi connectivity index (χ1) is 16.0. The van der Waals surface area contributed by atoms with Crippen molar-refractivity contribution in [2.75, 3.05) is 11.1 Å². The normalized spacial score (nSPS) is 12.6. The van der Waals surface area contributed by atoms with Gasteiger partial charge in [0, 0.05) is 23.0 Å². The molecule has 2 aromatic rings. The number of rotatable bonds is 7. The van der Waals surface area contributed by atoms with Gasteiger partial charge < -0.3 is 20.5 Å². The predicted octanol–water partition coefficient (Wildman–Crippen LogP) is 3.62. The highest BCUT2D eigenvalue weighted by molar-refractivity contribution is 7.80. The molecule has 9 heteroatoms. The van der Waals surface area contributed by atoms with E-state index in [2.05, 4.69) is 29.3 Å². The molecule has 0 aromatic heterocycles. The maximum absolute atomic E-state index is 13.4. The molecule has 2 aromatic carbocycles. The Labute approximate surface area is 205 Å². The van der Waals surface area contributed by atoms with E-state index in [1.807, 2.05) is 19.1 Å². The number of terminal acetylenes is 1. The van der Waals surface area contributed by atoms with Crippen LogP contribution in [0.3, 0.4) is 0 Å². The van der Waals surface area contributed by atoms with Crippen molar-refractivity contribution in [1.82, 2.24) is 10.2 Å². The second kappa shape index (κ2) is 11.5. The lowest BCUT2D eigenvalue weighted by Crippen LogP contribution is -2.51. The largest absolute Gasteiger partial charge is 0.508 e. The van der Waals surface area contributed by atoms with Gasteiger partial charge in [-0.3, -0.25) is 14.5 Å². The fourth-order valence-electron chi connectivity index (χ4n) is 3.10. The summed E-state index contributed by atoms with van der Waals surface area (Å²) < 4.78 is 5.21. The quantitative estimate of drug-likeness (QED) is 0.273. The van der Waals surface area contributed by atoms with Gasteiger partial charge in [0.25, 0.3) is 11.8 Å². The Morgan fingerprint density at radius 3 is 2.32 bits per heavy atom. The highest BCUT2D eigenvalue weighted by Gasteiger charge is 2.36. The van der Waals surface area contributed by atoms with Gasteiger partial charge in [-0.15, -0.1) is 0 Å². The van der Waals surface area contributed by atoms with Crippen LogP contribution in [0.1, 0.15) is 37.9 Å². The first-order valence-electron chi connectivity index (χ1n) is 10.5. The van der Waals surface area contributed by atoms with Gasteiger partial charge in [0.05, 0.1) is 0 Å². The minimum absolute atomic E-state index is 0.108. The summed E-state index contributed by atoms with van der Waals surface area (Å²) in [5.74, 6) is -1.74. The molecule has 0 fully saturated rings. The molecule has 0 aliphatic carbocycles. The Balaban J connectivity index is 2.42. The molecule has 0 heterocycles. The molecule has 0 aliphatic rings. The average Bonchev–Trinajstić information content (AvgIpc) is 2.76. The van der Waals surface area contributed by atoms with Crippen molar-refractivity contribution in [2.24, 2.45) is 0 Å². The zero-order valence-electron chi connectivity index (χ0n) is 19.5. The molecule has 0 bridgehead atoms. The van der Waals surface area contributed by atoms with Crippen molar-refractivity contribution >= 4 is 36.2 Å². The second-order valence-corrected chi connectivity index (χ2v) is 8.85. The maximum Gasteiger partial charge on any atom is 0.408 e. The van der Waals surface area contributed by atoms with E-state index in [1.54, 1.807) is 45.0 Å². The number of hydrogen-bond donors (Lipinski definition) is 4. The van der Waals surface area contributed by atoms with Crippen LogP contribution < -0.4 is 10.6 Å². The summed E-state index contributed by atoms with van der Waals surface area (Å²) in [6.07, 6.45) is 4.84. The fraction of sp³-hybridized carbons (Fsp3) is 0.320. The number of carbonyl (C=O) groups excluding carboxylic acids is 3. The van der Waals surface area contributed by atoms with E-state index in [1.165, 1.54) is 12.1 Å². The molecule has 3 N–H and O–H groups in total. The molecule has 0 saturated carbocycles. The molecule has 8 nitrogen and oxygen atoms in total. The number of ether oxygens (including phenoxy) is 1. The monoisotopic (exact) mass is 483 g/mol. The SMILES string of the molecule is C#CN(C(=O)C(CS)NC(=O)OC(C)(C)C)C(C(=O)Nc1ccccc1C)c1ccccc1O. The Morgan fingerprint density at radius 2 is 1.76 bits per heavy atom. The lowest BCUT2D eigenvalue weighted by Gasteiger charge is -2.30.